The third kappa shape index (κ3) is 7.55. The molecule has 9 heteroatoms. The maximum atomic E-state index is 13.8. The molecule has 1 amide bonds. The number of nitrogens with one attached hydrogen (secondary N) is 1. The van der Waals surface area contributed by atoms with Gasteiger partial charge in [0.05, 0.1) is 23.9 Å². The number of hydrogen-bond acceptors (Lipinski definition) is 8. The maximum Gasteiger partial charge on any atom is 0.258 e. The molecular weight excluding hydrogens is 556 g/mol. The Bertz CT molecular complexity index is 1500. The average molecular weight is 597 g/mol. The summed E-state index contributed by atoms with van der Waals surface area (Å²) in [7, 11) is 2.04. The summed E-state index contributed by atoms with van der Waals surface area (Å²) in [4.78, 5) is 21.7. The molecule has 2 heterocycles. The van der Waals surface area contributed by atoms with Crippen LogP contribution in [0.1, 0.15) is 41.6 Å². The Balaban J connectivity index is 1.36. The van der Waals surface area contributed by atoms with E-state index >= 15 is 0 Å². The number of carbonyl (C=O) groups excluding carboxylic acids is 1. The van der Waals surface area contributed by atoms with Gasteiger partial charge >= 0.3 is 0 Å². The third-order valence-corrected chi connectivity index (χ3v) is 7.85. The van der Waals surface area contributed by atoms with Crippen molar-refractivity contribution in [3.05, 3.63) is 114 Å². The highest BCUT2D eigenvalue weighted by Crippen LogP contribution is 2.36. The summed E-state index contributed by atoms with van der Waals surface area (Å²) < 4.78 is 12.6. The normalized spacial score (nSPS) is 18.0. The molecule has 1 aliphatic rings. The summed E-state index contributed by atoms with van der Waals surface area (Å²) in [6.45, 7) is 5.45. The Kier molecular flexibility index (Phi) is 10.1. The predicted octanol–water partition coefficient (Wildman–Crippen LogP) is 5.33. The molecule has 0 spiro atoms. The van der Waals surface area contributed by atoms with E-state index in [1.165, 1.54) is 0 Å². The molecule has 3 N–H and O–H groups in total. The fraction of sp³-hybridized carbons (Fsp3) is 0.314. The molecule has 5 rings (SSSR count). The summed E-state index contributed by atoms with van der Waals surface area (Å²) >= 11 is 0. The van der Waals surface area contributed by atoms with Crippen LogP contribution >= 0.6 is 0 Å². The number of fused-ring (bicyclic) bond motifs is 1. The number of ether oxygens (including phenoxy) is 2. The van der Waals surface area contributed by atoms with Gasteiger partial charge in [-0.2, -0.15) is 0 Å². The molecule has 3 aromatic carbocycles. The summed E-state index contributed by atoms with van der Waals surface area (Å²) in [5, 5.41) is 24.0. The van der Waals surface area contributed by atoms with E-state index < -0.39 is 6.23 Å². The number of anilines is 1. The van der Waals surface area contributed by atoms with Gasteiger partial charge in [0.15, 0.2) is 12.0 Å². The SMILES string of the molecule is C[C@H]1CN([C@@H](C)CO)C(=O)c2cccc(NC(O)c3ccncc3)c2O[C@H]1CN(C)Cc1ccc(Oc2ccccc2)cc1. The number of aliphatic hydroxyl groups excluding tert-OH is 2. The predicted molar refractivity (Wildman–Crippen MR) is 170 cm³/mol. The average Bonchev–Trinajstić information content (AvgIpc) is 3.04. The van der Waals surface area contributed by atoms with Gasteiger partial charge in [0, 0.05) is 43.5 Å². The van der Waals surface area contributed by atoms with Crippen LogP contribution in [0.5, 0.6) is 17.2 Å². The molecule has 4 aromatic rings. The van der Waals surface area contributed by atoms with Crippen molar-refractivity contribution in [1.82, 2.24) is 14.8 Å². The minimum absolute atomic E-state index is 0.0524. The van der Waals surface area contributed by atoms with Crippen molar-refractivity contribution in [2.45, 2.75) is 38.8 Å². The summed E-state index contributed by atoms with van der Waals surface area (Å²) in [5.74, 6) is 1.67. The van der Waals surface area contributed by atoms with Gasteiger partial charge in [0.25, 0.3) is 5.91 Å². The molecule has 0 radical (unpaired) electrons. The smallest absolute Gasteiger partial charge is 0.258 e. The third-order valence-electron chi connectivity index (χ3n) is 7.85. The van der Waals surface area contributed by atoms with Gasteiger partial charge in [-0.1, -0.05) is 43.3 Å². The van der Waals surface area contributed by atoms with Crippen molar-refractivity contribution in [1.29, 1.82) is 0 Å². The van der Waals surface area contributed by atoms with E-state index in [0.717, 1.165) is 17.1 Å². The van der Waals surface area contributed by atoms with Gasteiger partial charge < -0.3 is 29.9 Å². The van der Waals surface area contributed by atoms with Crippen molar-refractivity contribution in [2.24, 2.45) is 5.92 Å². The number of amides is 1. The van der Waals surface area contributed by atoms with E-state index in [0.29, 0.717) is 42.2 Å². The van der Waals surface area contributed by atoms with Gasteiger partial charge in [0.1, 0.15) is 17.6 Å². The van der Waals surface area contributed by atoms with Gasteiger partial charge in [0.2, 0.25) is 0 Å². The number of carbonyl (C=O) groups is 1. The van der Waals surface area contributed by atoms with Crippen LogP contribution in [0.4, 0.5) is 5.69 Å². The highest BCUT2D eigenvalue weighted by atomic mass is 16.5. The highest BCUT2D eigenvalue weighted by Gasteiger charge is 2.34. The topological polar surface area (TPSA) is 107 Å². The van der Waals surface area contributed by atoms with E-state index in [1.54, 1.807) is 47.6 Å². The Morgan fingerprint density at radius 3 is 2.43 bits per heavy atom. The van der Waals surface area contributed by atoms with Crippen LogP contribution in [0.3, 0.4) is 0 Å². The lowest BCUT2D eigenvalue weighted by Crippen LogP contribution is -2.49. The molecule has 230 valence electrons. The van der Waals surface area contributed by atoms with Crippen molar-refractivity contribution >= 4 is 11.6 Å². The zero-order valence-electron chi connectivity index (χ0n) is 25.3. The molecule has 1 aromatic heterocycles. The zero-order valence-corrected chi connectivity index (χ0v) is 25.3. The molecule has 0 saturated heterocycles. The van der Waals surface area contributed by atoms with Crippen LogP contribution in [-0.2, 0) is 6.54 Å². The number of likely N-dealkylation sites (N-methyl/N-ethyl adjacent to an activating group) is 1. The number of hydrogen-bond donors (Lipinski definition) is 3. The van der Waals surface area contributed by atoms with E-state index in [1.807, 2.05) is 56.4 Å². The van der Waals surface area contributed by atoms with E-state index in [2.05, 4.69) is 34.3 Å². The van der Waals surface area contributed by atoms with E-state index in [-0.39, 0.29) is 30.6 Å². The first kappa shape index (κ1) is 31.0. The van der Waals surface area contributed by atoms with Crippen LogP contribution < -0.4 is 14.8 Å². The molecule has 4 atom stereocenters. The number of nitrogens with zero attached hydrogens (tertiary/aromatic N) is 3. The minimum atomic E-state index is -1.03. The Morgan fingerprint density at radius 2 is 1.73 bits per heavy atom. The van der Waals surface area contributed by atoms with E-state index in [9.17, 15) is 15.0 Å². The first-order valence-electron chi connectivity index (χ1n) is 14.9. The molecule has 1 aliphatic heterocycles. The second-order valence-electron chi connectivity index (χ2n) is 11.4. The van der Waals surface area contributed by atoms with Crippen molar-refractivity contribution in [3.63, 3.8) is 0 Å². The second-order valence-corrected chi connectivity index (χ2v) is 11.4. The van der Waals surface area contributed by atoms with Crippen molar-refractivity contribution in [2.75, 3.05) is 32.1 Å². The minimum Gasteiger partial charge on any atom is -0.486 e. The van der Waals surface area contributed by atoms with Crippen LogP contribution in [0, 0.1) is 5.92 Å². The largest absolute Gasteiger partial charge is 0.486 e. The fourth-order valence-corrected chi connectivity index (χ4v) is 5.32. The van der Waals surface area contributed by atoms with E-state index in [4.69, 9.17) is 9.47 Å². The lowest BCUT2D eigenvalue weighted by atomic mass is 9.98. The van der Waals surface area contributed by atoms with Crippen LogP contribution in [-0.4, -0.2) is 69.8 Å². The quantitative estimate of drug-likeness (QED) is 0.200. The monoisotopic (exact) mass is 596 g/mol. The van der Waals surface area contributed by atoms with Crippen LogP contribution in [0.25, 0.3) is 0 Å². The number of rotatable bonds is 11. The number of aliphatic hydroxyl groups is 2. The Morgan fingerprint density at radius 1 is 1.02 bits per heavy atom. The summed E-state index contributed by atoms with van der Waals surface area (Å²) in [6.07, 6.45) is 1.90. The second kappa shape index (κ2) is 14.4. The van der Waals surface area contributed by atoms with Gasteiger partial charge in [-0.05, 0) is 68.1 Å². The number of aromatic nitrogens is 1. The van der Waals surface area contributed by atoms with Gasteiger partial charge in [-0.3, -0.25) is 14.7 Å². The Hall–Kier alpha value is -4.44. The molecule has 0 aliphatic carbocycles. The molecule has 0 bridgehead atoms. The van der Waals surface area contributed by atoms with Gasteiger partial charge in [-0.25, -0.2) is 0 Å². The number of para-hydroxylation sites is 2. The van der Waals surface area contributed by atoms with Crippen LogP contribution in [0.2, 0.25) is 0 Å². The highest BCUT2D eigenvalue weighted by molar-refractivity contribution is 5.99. The first-order chi connectivity index (χ1) is 21.3. The zero-order chi connectivity index (χ0) is 31.1. The number of pyridine rings is 1. The molecular formula is C35H40N4O5. The van der Waals surface area contributed by atoms with Gasteiger partial charge in [-0.15, -0.1) is 0 Å². The molecule has 0 saturated carbocycles. The fourth-order valence-electron chi connectivity index (χ4n) is 5.32. The molecule has 44 heavy (non-hydrogen) atoms. The lowest BCUT2D eigenvalue weighted by molar-refractivity contribution is 0.0342. The summed E-state index contributed by atoms with van der Waals surface area (Å²) in [6, 6.07) is 26.1. The number of benzene rings is 3. The van der Waals surface area contributed by atoms with Crippen molar-refractivity contribution in [3.8, 4) is 17.2 Å². The summed E-state index contributed by atoms with van der Waals surface area (Å²) in [5.41, 5.74) is 2.65. The van der Waals surface area contributed by atoms with Crippen molar-refractivity contribution < 1.29 is 24.5 Å². The molecule has 0 fully saturated rings. The van der Waals surface area contributed by atoms with Crippen LogP contribution in [0.15, 0.2) is 97.3 Å². The maximum absolute atomic E-state index is 13.8. The molecule has 1 unspecified atom stereocenters. The first-order valence-corrected chi connectivity index (χ1v) is 14.9. The standard InChI is InChI=1S/C35H40N4O5/c1-24-20-39(25(2)23-40)35(42)30-10-7-11-31(37-34(41)27-16-18-36-19-17-27)33(30)44-32(24)22-38(3)21-26-12-14-29(15-13-26)43-28-8-5-4-6-9-28/h4-19,24-25,32,34,37,40-41H,20-23H2,1-3H3/t24-,25-,32-,34?/m0/s1. The Labute approximate surface area is 258 Å². The lowest BCUT2D eigenvalue weighted by Gasteiger charge is -2.38. The molecule has 9 nitrogen and oxygen atoms in total.